The molecule has 0 spiro atoms. The number of amides is 1. The molecule has 21 heavy (non-hydrogen) atoms. The van der Waals surface area contributed by atoms with Crippen molar-refractivity contribution in [2.24, 2.45) is 0 Å². The lowest BCUT2D eigenvalue weighted by Crippen LogP contribution is -2.29. The molecule has 1 heterocycles. The zero-order valence-electron chi connectivity index (χ0n) is 11.2. The lowest BCUT2D eigenvalue weighted by Gasteiger charge is -2.17. The molecule has 0 aliphatic carbocycles. The summed E-state index contributed by atoms with van der Waals surface area (Å²) >= 11 is 9.51. The van der Waals surface area contributed by atoms with Crippen LogP contribution in [-0.4, -0.2) is 12.6 Å². The molecule has 0 saturated carbocycles. The molecule has 5 heteroatoms. The van der Waals surface area contributed by atoms with E-state index in [1.54, 1.807) is 11.0 Å². The molecule has 0 unspecified atom stereocenters. The van der Waals surface area contributed by atoms with Crippen LogP contribution in [0.2, 0.25) is 5.02 Å². The summed E-state index contributed by atoms with van der Waals surface area (Å²) < 4.78 is 6.22. The Morgan fingerprint density at radius 2 is 2.05 bits per heavy atom. The second kappa shape index (κ2) is 6.08. The van der Waals surface area contributed by atoms with Gasteiger partial charge in [-0.1, -0.05) is 41.9 Å². The summed E-state index contributed by atoms with van der Waals surface area (Å²) in [5.74, 6) is 0. The number of carbonyl (C=O) groups is 1. The molecular formula is C16H13BrClNO2. The Balaban J connectivity index is 1.72. The predicted molar refractivity (Wildman–Crippen MR) is 86.8 cm³/mol. The summed E-state index contributed by atoms with van der Waals surface area (Å²) in [6.07, 6.45) is 0.474. The van der Waals surface area contributed by atoms with Crippen LogP contribution in [0.1, 0.15) is 11.1 Å². The third-order valence-corrected chi connectivity index (χ3v) is 4.64. The lowest BCUT2D eigenvalue weighted by atomic mass is 10.2. The highest BCUT2D eigenvalue weighted by Crippen LogP contribution is 2.35. The first-order chi connectivity index (χ1) is 10.1. The van der Waals surface area contributed by atoms with Gasteiger partial charge in [-0.05, 0) is 45.6 Å². The number of halogens is 2. The Kier molecular flexibility index (Phi) is 4.17. The summed E-state index contributed by atoms with van der Waals surface area (Å²) in [6, 6.07) is 13.4. The molecule has 0 N–H and O–H groups in total. The summed E-state index contributed by atoms with van der Waals surface area (Å²) in [5, 5.41) is 0.594. The van der Waals surface area contributed by atoms with E-state index in [-0.39, 0.29) is 12.7 Å². The topological polar surface area (TPSA) is 29.5 Å². The van der Waals surface area contributed by atoms with E-state index < -0.39 is 0 Å². The second-order valence-electron chi connectivity index (χ2n) is 4.84. The first-order valence-electron chi connectivity index (χ1n) is 6.61. The van der Waals surface area contributed by atoms with Crippen LogP contribution in [0, 0.1) is 0 Å². The van der Waals surface area contributed by atoms with Gasteiger partial charge in [0.25, 0.3) is 0 Å². The molecule has 3 rings (SSSR count). The quantitative estimate of drug-likeness (QED) is 0.764. The van der Waals surface area contributed by atoms with Gasteiger partial charge in [-0.25, -0.2) is 4.79 Å². The van der Waals surface area contributed by atoms with Gasteiger partial charge in [-0.2, -0.15) is 0 Å². The van der Waals surface area contributed by atoms with Gasteiger partial charge in [0, 0.05) is 11.0 Å². The van der Waals surface area contributed by atoms with E-state index >= 15 is 0 Å². The molecular weight excluding hydrogens is 354 g/mol. The standard InChI is InChI=1S/C16H13BrClNO2/c17-13-8-12-6-7-19(15(12)9-14(13)18)16(20)21-10-11-4-2-1-3-5-11/h1-5,8-9H,6-7,10H2. The second-order valence-corrected chi connectivity index (χ2v) is 6.10. The Morgan fingerprint density at radius 1 is 1.29 bits per heavy atom. The molecule has 1 aliphatic heterocycles. The van der Waals surface area contributed by atoms with Crippen LogP contribution in [0.15, 0.2) is 46.9 Å². The van der Waals surface area contributed by atoms with Crippen molar-refractivity contribution in [3.63, 3.8) is 0 Å². The van der Waals surface area contributed by atoms with E-state index in [1.165, 1.54) is 0 Å². The van der Waals surface area contributed by atoms with Gasteiger partial charge in [0.1, 0.15) is 6.61 Å². The molecule has 0 radical (unpaired) electrons. The summed E-state index contributed by atoms with van der Waals surface area (Å²) in [4.78, 5) is 13.9. The minimum atomic E-state index is -0.337. The van der Waals surface area contributed by atoms with E-state index in [1.807, 2.05) is 36.4 Å². The third kappa shape index (κ3) is 3.06. The molecule has 0 bridgehead atoms. The van der Waals surface area contributed by atoms with E-state index in [4.69, 9.17) is 16.3 Å². The van der Waals surface area contributed by atoms with Gasteiger partial charge in [0.15, 0.2) is 0 Å². The van der Waals surface area contributed by atoms with Gasteiger partial charge < -0.3 is 4.74 Å². The van der Waals surface area contributed by atoms with Crippen LogP contribution in [0.3, 0.4) is 0 Å². The molecule has 1 aliphatic rings. The lowest BCUT2D eigenvalue weighted by molar-refractivity contribution is 0.147. The molecule has 0 atom stereocenters. The SMILES string of the molecule is O=C(OCc1ccccc1)N1CCc2cc(Br)c(Cl)cc21. The highest BCUT2D eigenvalue weighted by molar-refractivity contribution is 9.10. The smallest absolute Gasteiger partial charge is 0.414 e. The van der Waals surface area contributed by atoms with E-state index in [0.717, 1.165) is 27.7 Å². The summed E-state index contributed by atoms with van der Waals surface area (Å²) in [7, 11) is 0. The van der Waals surface area contributed by atoms with Crippen molar-refractivity contribution >= 4 is 39.3 Å². The number of carbonyl (C=O) groups excluding carboxylic acids is 1. The zero-order chi connectivity index (χ0) is 14.8. The Morgan fingerprint density at radius 3 is 2.81 bits per heavy atom. The van der Waals surface area contributed by atoms with E-state index in [0.29, 0.717) is 11.6 Å². The Hall–Kier alpha value is -1.52. The third-order valence-electron chi connectivity index (χ3n) is 3.44. The molecule has 1 amide bonds. The fourth-order valence-electron chi connectivity index (χ4n) is 2.37. The van der Waals surface area contributed by atoms with Gasteiger partial charge in [0.2, 0.25) is 0 Å². The van der Waals surface area contributed by atoms with Crippen LogP contribution >= 0.6 is 27.5 Å². The van der Waals surface area contributed by atoms with Crippen LogP contribution in [0.4, 0.5) is 10.5 Å². The van der Waals surface area contributed by atoms with Gasteiger partial charge in [-0.3, -0.25) is 4.90 Å². The van der Waals surface area contributed by atoms with Gasteiger partial charge in [-0.15, -0.1) is 0 Å². The highest BCUT2D eigenvalue weighted by atomic mass is 79.9. The number of rotatable bonds is 2. The average molecular weight is 367 g/mol. The number of hydrogen-bond donors (Lipinski definition) is 0. The molecule has 108 valence electrons. The van der Waals surface area contributed by atoms with Crippen LogP contribution in [-0.2, 0) is 17.8 Å². The maximum Gasteiger partial charge on any atom is 0.414 e. The maximum atomic E-state index is 12.2. The Labute approximate surface area is 136 Å². The monoisotopic (exact) mass is 365 g/mol. The van der Waals surface area contributed by atoms with E-state index in [9.17, 15) is 4.79 Å². The molecule has 0 saturated heterocycles. The van der Waals surface area contributed by atoms with Crippen molar-refractivity contribution in [3.05, 3.63) is 63.1 Å². The van der Waals surface area contributed by atoms with Crippen molar-refractivity contribution in [3.8, 4) is 0 Å². The fourth-order valence-corrected chi connectivity index (χ4v) is 2.92. The predicted octanol–water partition coefficient (Wildman–Crippen LogP) is 4.80. The van der Waals surface area contributed by atoms with Crippen molar-refractivity contribution in [1.82, 2.24) is 0 Å². The first kappa shape index (κ1) is 14.4. The fraction of sp³-hybridized carbons (Fsp3) is 0.188. The molecule has 3 nitrogen and oxygen atoms in total. The highest BCUT2D eigenvalue weighted by Gasteiger charge is 2.26. The van der Waals surface area contributed by atoms with Crippen molar-refractivity contribution in [2.45, 2.75) is 13.0 Å². The van der Waals surface area contributed by atoms with Crippen LogP contribution < -0.4 is 4.90 Å². The van der Waals surface area contributed by atoms with E-state index in [2.05, 4.69) is 15.9 Å². The van der Waals surface area contributed by atoms with Crippen molar-refractivity contribution < 1.29 is 9.53 Å². The number of anilines is 1. The number of ether oxygens (including phenoxy) is 1. The van der Waals surface area contributed by atoms with Crippen LogP contribution in [0.5, 0.6) is 0 Å². The number of fused-ring (bicyclic) bond motifs is 1. The number of hydrogen-bond acceptors (Lipinski definition) is 2. The minimum Gasteiger partial charge on any atom is -0.444 e. The van der Waals surface area contributed by atoms with Crippen LogP contribution in [0.25, 0.3) is 0 Å². The largest absolute Gasteiger partial charge is 0.444 e. The van der Waals surface area contributed by atoms with Crippen molar-refractivity contribution in [2.75, 3.05) is 11.4 Å². The summed E-state index contributed by atoms with van der Waals surface area (Å²) in [6.45, 7) is 0.894. The molecule has 0 fully saturated rings. The number of benzene rings is 2. The first-order valence-corrected chi connectivity index (χ1v) is 7.78. The van der Waals surface area contributed by atoms with Gasteiger partial charge in [0.05, 0.1) is 10.7 Å². The average Bonchev–Trinajstić information content (AvgIpc) is 2.89. The number of nitrogens with zero attached hydrogens (tertiary/aromatic N) is 1. The van der Waals surface area contributed by atoms with Crippen molar-refractivity contribution in [1.29, 1.82) is 0 Å². The Bertz CT molecular complexity index is 675. The zero-order valence-corrected chi connectivity index (χ0v) is 13.5. The molecule has 2 aromatic carbocycles. The summed E-state index contributed by atoms with van der Waals surface area (Å²) in [5.41, 5.74) is 2.91. The maximum absolute atomic E-state index is 12.2. The molecule has 0 aromatic heterocycles. The normalized spacial score (nSPS) is 13.1. The molecule has 2 aromatic rings. The van der Waals surface area contributed by atoms with Gasteiger partial charge >= 0.3 is 6.09 Å². The minimum absolute atomic E-state index is 0.274.